The first-order valence-corrected chi connectivity index (χ1v) is 13.1. The van der Waals surface area contributed by atoms with E-state index in [-0.39, 0.29) is 11.7 Å². The Balaban J connectivity index is 1.31. The number of aromatic nitrogens is 4. The van der Waals surface area contributed by atoms with Crippen molar-refractivity contribution in [1.29, 1.82) is 0 Å². The van der Waals surface area contributed by atoms with Crippen molar-refractivity contribution in [2.24, 2.45) is 5.92 Å². The third kappa shape index (κ3) is 5.00. The van der Waals surface area contributed by atoms with Gasteiger partial charge in [0.05, 0.1) is 9.92 Å². The number of nitrogens with zero attached hydrogens (tertiary/aromatic N) is 4. The number of nitrogens with one attached hydrogen (secondary N) is 2. The van der Waals surface area contributed by atoms with Crippen LogP contribution in [0.5, 0.6) is 0 Å². The summed E-state index contributed by atoms with van der Waals surface area (Å²) in [7, 11) is -3.57. The number of H-pyrrole nitrogens is 1. The smallest absolute Gasteiger partial charge is 0.243 e. The number of halogens is 2. The number of benzene rings is 1. The number of hydrogen-bond acceptors (Lipinski definition) is 6. The lowest BCUT2D eigenvalue weighted by Crippen LogP contribution is -2.41. The van der Waals surface area contributed by atoms with Crippen LogP contribution in [0.2, 0.25) is 5.02 Å². The molecular formula is C24H24ClFN6O2S. The van der Waals surface area contributed by atoms with Gasteiger partial charge in [-0.15, -0.1) is 0 Å². The Morgan fingerprint density at radius 1 is 1.26 bits per heavy atom. The van der Waals surface area contributed by atoms with Crippen LogP contribution in [0.1, 0.15) is 18.4 Å². The molecule has 11 heteroatoms. The van der Waals surface area contributed by atoms with Crippen LogP contribution in [0.15, 0.2) is 53.7 Å². The lowest BCUT2D eigenvalue weighted by Gasteiger charge is -2.32. The highest BCUT2D eigenvalue weighted by Crippen LogP contribution is 2.29. The topological polar surface area (TPSA) is 104 Å². The third-order valence-electron chi connectivity index (χ3n) is 6.11. The molecule has 2 N–H and O–H groups in total. The number of piperidine rings is 1. The second-order valence-electron chi connectivity index (χ2n) is 8.72. The monoisotopic (exact) mass is 514 g/mol. The van der Waals surface area contributed by atoms with E-state index in [0.29, 0.717) is 52.0 Å². The van der Waals surface area contributed by atoms with Crippen molar-refractivity contribution in [2.45, 2.75) is 24.7 Å². The lowest BCUT2D eigenvalue weighted by molar-refractivity contribution is 0.275. The van der Waals surface area contributed by atoms with E-state index in [1.165, 1.54) is 16.6 Å². The minimum absolute atomic E-state index is 0.0564. The summed E-state index contributed by atoms with van der Waals surface area (Å²) in [6.45, 7) is 3.20. The molecule has 1 fully saturated rings. The number of fused-ring (bicyclic) bond motifs is 1. The second kappa shape index (κ2) is 9.52. The number of rotatable bonds is 6. The van der Waals surface area contributed by atoms with Crippen molar-refractivity contribution in [2.75, 3.05) is 25.0 Å². The van der Waals surface area contributed by atoms with Crippen molar-refractivity contribution in [3.05, 3.63) is 65.3 Å². The number of anilines is 1. The summed E-state index contributed by atoms with van der Waals surface area (Å²) in [6, 6.07) is 9.90. The molecule has 0 bridgehead atoms. The number of hydrogen-bond donors (Lipinski definition) is 2. The standard InChI is InChI=1S/C24H24ClFN6O2S/c1-15-4-2-6-18(8-15)35(33,34)32-7-3-5-16(14-32)11-27-22-10-21(26)30-24(31-22)20-13-29-23-19(20)9-17(25)12-28-23/h2,4,6,8-10,12-13,16H,3,5,7,11,14H2,1H3,(H,28,29)(H,27,30,31)/t16-/m1/s1. The highest BCUT2D eigenvalue weighted by Gasteiger charge is 2.30. The summed E-state index contributed by atoms with van der Waals surface area (Å²) in [4.78, 5) is 16.0. The number of aromatic amines is 1. The first-order chi connectivity index (χ1) is 16.8. The van der Waals surface area contributed by atoms with Crippen LogP contribution in [0.3, 0.4) is 0 Å². The Labute approximate surface area is 207 Å². The highest BCUT2D eigenvalue weighted by molar-refractivity contribution is 7.89. The average Bonchev–Trinajstić information content (AvgIpc) is 3.26. The van der Waals surface area contributed by atoms with E-state index in [2.05, 4.69) is 25.3 Å². The average molecular weight is 515 g/mol. The largest absolute Gasteiger partial charge is 0.370 e. The van der Waals surface area contributed by atoms with Crippen molar-refractivity contribution in [3.8, 4) is 11.4 Å². The van der Waals surface area contributed by atoms with Crippen LogP contribution in [0, 0.1) is 18.8 Å². The van der Waals surface area contributed by atoms with Crippen LogP contribution < -0.4 is 5.32 Å². The molecule has 5 rings (SSSR count). The van der Waals surface area contributed by atoms with Gasteiger partial charge in [-0.1, -0.05) is 23.7 Å². The molecule has 1 aliphatic rings. The van der Waals surface area contributed by atoms with Gasteiger partial charge in [0.25, 0.3) is 0 Å². The molecule has 1 saturated heterocycles. The van der Waals surface area contributed by atoms with Gasteiger partial charge >= 0.3 is 0 Å². The fourth-order valence-electron chi connectivity index (χ4n) is 4.38. The summed E-state index contributed by atoms with van der Waals surface area (Å²) >= 11 is 6.07. The summed E-state index contributed by atoms with van der Waals surface area (Å²) in [5.41, 5.74) is 2.09. The van der Waals surface area contributed by atoms with Crippen LogP contribution in [-0.2, 0) is 10.0 Å². The van der Waals surface area contributed by atoms with E-state index in [0.717, 1.165) is 18.4 Å². The highest BCUT2D eigenvalue weighted by atomic mass is 35.5. The number of sulfonamides is 1. The molecule has 0 saturated carbocycles. The maximum Gasteiger partial charge on any atom is 0.243 e. The van der Waals surface area contributed by atoms with Gasteiger partial charge in [0.2, 0.25) is 16.0 Å². The molecule has 4 heterocycles. The van der Waals surface area contributed by atoms with E-state index in [1.807, 2.05) is 13.0 Å². The zero-order chi connectivity index (χ0) is 24.6. The maximum absolute atomic E-state index is 14.4. The number of aryl methyl sites for hydroxylation is 1. The van der Waals surface area contributed by atoms with Crippen LogP contribution in [0.4, 0.5) is 10.2 Å². The lowest BCUT2D eigenvalue weighted by atomic mass is 10.00. The molecule has 35 heavy (non-hydrogen) atoms. The van der Waals surface area contributed by atoms with Gasteiger partial charge in [0, 0.05) is 49.0 Å². The fourth-order valence-corrected chi connectivity index (χ4v) is 6.20. The van der Waals surface area contributed by atoms with E-state index < -0.39 is 16.0 Å². The molecule has 8 nitrogen and oxygen atoms in total. The molecule has 3 aromatic heterocycles. The Morgan fingerprint density at radius 3 is 2.94 bits per heavy atom. The van der Waals surface area contributed by atoms with Crippen LogP contribution in [0.25, 0.3) is 22.4 Å². The number of pyridine rings is 1. The van der Waals surface area contributed by atoms with Gasteiger partial charge in [-0.2, -0.15) is 13.7 Å². The zero-order valence-corrected chi connectivity index (χ0v) is 20.6. The first-order valence-electron chi connectivity index (χ1n) is 11.3. The molecule has 0 amide bonds. The third-order valence-corrected chi connectivity index (χ3v) is 8.18. The summed E-state index contributed by atoms with van der Waals surface area (Å²) in [5, 5.41) is 4.32. The molecule has 0 unspecified atom stereocenters. The van der Waals surface area contributed by atoms with E-state index >= 15 is 0 Å². The Kier molecular flexibility index (Phi) is 6.43. The molecule has 1 aliphatic heterocycles. The van der Waals surface area contributed by atoms with Gasteiger partial charge in [0.15, 0.2) is 5.82 Å². The predicted octanol–water partition coefficient (Wildman–Crippen LogP) is 4.63. The van der Waals surface area contributed by atoms with Gasteiger partial charge < -0.3 is 10.3 Å². The maximum atomic E-state index is 14.4. The van der Waals surface area contributed by atoms with Crippen LogP contribution >= 0.6 is 11.6 Å². The molecule has 4 aromatic rings. The van der Waals surface area contributed by atoms with Gasteiger partial charge in [-0.3, -0.25) is 0 Å². The quantitative estimate of drug-likeness (QED) is 0.363. The summed E-state index contributed by atoms with van der Waals surface area (Å²) < 4.78 is 42.2. The van der Waals surface area contributed by atoms with E-state index in [4.69, 9.17) is 11.6 Å². The summed E-state index contributed by atoms with van der Waals surface area (Å²) in [6.07, 6.45) is 4.81. The Hall–Kier alpha value is -3.08. The zero-order valence-electron chi connectivity index (χ0n) is 19.0. The minimum atomic E-state index is -3.57. The predicted molar refractivity (Wildman–Crippen MR) is 133 cm³/mol. The fraction of sp³-hybridized carbons (Fsp3) is 0.292. The Morgan fingerprint density at radius 2 is 2.11 bits per heavy atom. The van der Waals surface area contributed by atoms with Crippen molar-refractivity contribution < 1.29 is 12.8 Å². The van der Waals surface area contributed by atoms with E-state index in [1.54, 1.807) is 30.5 Å². The minimum Gasteiger partial charge on any atom is -0.370 e. The molecule has 0 radical (unpaired) electrons. The molecule has 182 valence electrons. The van der Waals surface area contributed by atoms with E-state index in [9.17, 15) is 12.8 Å². The molecule has 1 atom stereocenters. The second-order valence-corrected chi connectivity index (χ2v) is 11.1. The van der Waals surface area contributed by atoms with Gasteiger partial charge in [-0.25, -0.2) is 18.4 Å². The Bertz CT molecular complexity index is 1490. The molecule has 1 aromatic carbocycles. The van der Waals surface area contributed by atoms with Crippen molar-refractivity contribution >= 4 is 38.5 Å². The van der Waals surface area contributed by atoms with Crippen LogP contribution in [-0.4, -0.2) is 52.3 Å². The van der Waals surface area contributed by atoms with Crippen molar-refractivity contribution in [3.63, 3.8) is 0 Å². The van der Waals surface area contributed by atoms with Gasteiger partial charge in [0.1, 0.15) is 11.5 Å². The first kappa shape index (κ1) is 23.7. The summed E-state index contributed by atoms with van der Waals surface area (Å²) in [5.74, 6) is -0.0827. The molecule has 0 spiro atoms. The molecular weight excluding hydrogens is 491 g/mol. The SMILES string of the molecule is Cc1cccc(S(=O)(=O)N2CCC[C@H](CNc3cc(F)nc(-c4c[nH]c5ncc(Cl)cc45)n3)C2)c1. The van der Waals surface area contributed by atoms with Crippen molar-refractivity contribution in [1.82, 2.24) is 24.2 Å². The molecule has 0 aliphatic carbocycles. The van der Waals surface area contributed by atoms with Gasteiger partial charge in [-0.05, 0) is 49.4 Å². The normalized spacial score (nSPS) is 17.1.